The maximum absolute atomic E-state index is 4.74. The molecule has 1 heterocycles. The van der Waals surface area contributed by atoms with Gasteiger partial charge in [-0.25, -0.2) is 0 Å². The van der Waals surface area contributed by atoms with Crippen LogP contribution in [-0.4, -0.2) is 5.01 Å². The summed E-state index contributed by atoms with van der Waals surface area (Å²) in [5, 5.41) is 1.50. The molecule has 1 aliphatic rings. The highest BCUT2D eigenvalue weighted by Gasteiger charge is 2.01. The van der Waals surface area contributed by atoms with E-state index in [0.29, 0.717) is 0 Å². The Morgan fingerprint density at radius 3 is 2.86 bits per heavy atom. The van der Waals surface area contributed by atoms with Crippen LogP contribution in [0.1, 0.15) is 6.92 Å². The fourth-order valence-electron chi connectivity index (χ4n) is 0.403. The van der Waals surface area contributed by atoms with Gasteiger partial charge in [0.05, 0.1) is 13.2 Å². The van der Waals surface area contributed by atoms with E-state index in [4.69, 9.17) is 4.84 Å². The highest BCUT2D eigenvalue weighted by molar-refractivity contribution is 4.89. The van der Waals surface area contributed by atoms with Crippen LogP contribution >= 0.6 is 0 Å². The number of hydrogen-bond acceptors (Lipinski definition) is 3. The van der Waals surface area contributed by atoms with E-state index in [1.54, 1.807) is 6.20 Å². The molecular formula is C4H7N2O. The topological polar surface area (TPSA) is 24.5 Å². The van der Waals surface area contributed by atoms with E-state index in [1.165, 1.54) is 5.01 Å². The molecule has 0 bridgehead atoms. The van der Waals surface area contributed by atoms with Gasteiger partial charge in [-0.15, -0.1) is 0 Å². The minimum Gasteiger partial charge on any atom is -0.392 e. The van der Waals surface area contributed by atoms with E-state index in [2.05, 4.69) is 12.6 Å². The fourth-order valence-corrected chi connectivity index (χ4v) is 0.403. The van der Waals surface area contributed by atoms with Gasteiger partial charge in [-0.2, -0.15) is 0 Å². The third kappa shape index (κ3) is 0.838. The average molecular weight is 99.1 g/mol. The van der Waals surface area contributed by atoms with Crippen LogP contribution in [0.2, 0.25) is 0 Å². The third-order valence-electron chi connectivity index (χ3n) is 0.662. The van der Waals surface area contributed by atoms with Crippen LogP contribution in [0.15, 0.2) is 12.0 Å². The first kappa shape index (κ1) is 4.46. The van der Waals surface area contributed by atoms with Crippen LogP contribution < -0.4 is 5.59 Å². The predicted molar refractivity (Wildman–Crippen MR) is 25.2 cm³/mol. The van der Waals surface area contributed by atoms with E-state index in [0.717, 1.165) is 5.76 Å². The second-order valence-electron chi connectivity index (χ2n) is 1.40. The van der Waals surface area contributed by atoms with Crippen molar-refractivity contribution in [1.82, 2.24) is 10.6 Å². The molecule has 0 unspecified atom stereocenters. The van der Waals surface area contributed by atoms with Crippen molar-refractivity contribution >= 4 is 0 Å². The first-order valence-corrected chi connectivity index (χ1v) is 1.99. The third-order valence-corrected chi connectivity index (χ3v) is 0.662. The van der Waals surface area contributed by atoms with Crippen LogP contribution in [0.5, 0.6) is 0 Å². The summed E-state index contributed by atoms with van der Waals surface area (Å²) in [6, 6.07) is 0. The number of nitrogens with one attached hydrogen (secondary N) is 1. The monoisotopic (exact) mass is 99.1 g/mol. The molecule has 1 aliphatic heterocycles. The molecule has 0 spiro atoms. The first-order valence-electron chi connectivity index (χ1n) is 1.99. The zero-order valence-corrected chi connectivity index (χ0v) is 4.14. The molecule has 0 atom stereocenters. The van der Waals surface area contributed by atoms with Crippen molar-refractivity contribution in [3.8, 4) is 0 Å². The maximum Gasteiger partial charge on any atom is 0.140 e. The second-order valence-corrected chi connectivity index (χ2v) is 1.40. The Balaban J connectivity index is 2.50. The summed E-state index contributed by atoms with van der Waals surface area (Å²) in [6.45, 7) is 1.85. The first-order chi connectivity index (χ1) is 3.29. The van der Waals surface area contributed by atoms with E-state index >= 15 is 0 Å². The number of rotatable bonds is 0. The number of nitrogens with zero attached hydrogens (tertiary/aromatic N) is 1. The van der Waals surface area contributed by atoms with E-state index in [-0.39, 0.29) is 0 Å². The molecule has 7 heavy (non-hydrogen) atoms. The second kappa shape index (κ2) is 1.42. The Morgan fingerprint density at radius 2 is 2.71 bits per heavy atom. The number of hydrazine groups is 1. The lowest BCUT2D eigenvalue weighted by atomic mass is 10.6. The summed E-state index contributed by atoms with van der Waals surface area (Å²) in [5.41, 5.74) is 2.50. The van der Waals surface area contributed by atoms with Crippen molar-refractivity contribution in [1.29, 1.82) is 0 Å². The lowest BCUT2D eigenvalue weighted by molar-refractivity contribution is 0.0464. The zero-order valence-electron chi connectivity index (χ0n) is 4.14. The fraction of sp³-hybridized carbons (Fsp3) is 0.250. The normalized spacial score (nSPS) is 19.1. The van der Waals surface area contributed by atoms with E-state index in [9.17, 15) is 0 Å². The van der Waals surface area contributed by atoms with Crippen molar-refractivity contribution in [2.45, 2.75) is 6.92 Å². The predicted octanol–water partition coefficient (Wildman–Crippen LogP) is 0.391. The highest BCUT2D eigenvalue weighted by atomic mass is 16.7. The molecule has 3 nitrogen and oxygen atoms in total. The molecule has 0 aliphatic carbocycles. The van der Waals surface area contributed by atoms with Crippen molar-refractivity contribution in [3.05, 3.63) is 19.0 Å². The Hall–Kier alpha value is -0.700. The molecule has 1 radical (unpaired) electrons. The molecule has 0 fully saturated rings. The molecule has 39 valence electrons. The molecule has 1 rings (SSSR count). The molecule has 0 aromatic heterocycles. The smallest absolute Gasteiger partial charge is 0.140 e. The van der Waals surface area contributed by atoms with Gasteiger partial charge >= 0.3 is 0 Å². The van der Waals surface area contributed by atoms with Crippen molar-refractivity contribution in [2.75, 3.05) is 0 Å². The Bertz CT molecular complexity index is 99.9. The van der Waals surface area contributed by atoms with Gasteiger partial charge in [0.25, 0.3) is 0 Å². The lowest BCUT2D eigenvalue weighted by Crippen LogP contribution is -2.19. The van der Waals surface area contributed by atoms with Crippen molar-refractivity contribution < 1.29 is 4.84 Å². The number of allylic oxidation sites excluding steroid dienone is 1. The largest absolute Gasteiger partial charge is 0.392 e. The summed E-state index contributed by atoms with van der Waals surface area (Å²) >= 11 is 0. The summed E-state index contributed by atoms with van der Waals surface area (Å²) in [5.74, 6) is 0.829. The standard InChI is InChI=1S/C4H7N2O/c1-4-3-6(2)5-7-4/h3,5H,2H2,1H3. The zero-order chi connectivity index (χ0) is 5.28. The molecule has 0 saturated carbocycles. The summed E-state index contributed by atoms with van der Waals surface area (Å²) < 4.78 is 0. The average Bonchev–Trinajstić information content (AvgIpc) is 1.87. The van der Waals surface area contributed by atoms with Crippen LogP contribution in [0.25, 0.3) is 0 Å². The molecular weight excluding hydrogens is 92.1 g/mol. The Morgan fingerprint density at radius 1 is 2.00 bits per heavy atom. The van der Waals surface area contributed by atoms with Gasteiger partial charge in [-0.1, -0.05) is 5.59 Å². The molecule has 3 heteroatoms. The Labute approximate surface area is 42.5 Å². The van der Waals surface area contributed by atoms with Gasteiger partial charge in [0.1, 0.15) is 5.76 Å². The van der Waals surface area contributed by atoms with Crippen LogP contribution in [0.3, 0.4) is 0 Å². The minimum absolute atomic E-state index is 0.829. The van der Waals surface area contributed by atoms with Gasteiger partial charge < -0.3 is 4.84 Å². The molecule has 0 amide bonds. The minimum atomic E-state index is 0.829. The van der Waals surface area contributed by atoms with Gasteiger partial charge in [0.2, 0.25) is 0 Å². The van der Waals surface area contributed by atoms with Gasteiger partial charge in [0, 0.05) is 0 Å². The summed E-state index contributed by atoms with van der Waals surface area (Å²) in [7, 11) is 3.51. The summed E-state index contributed by atoms with van der Waals surface area (Å²) in [4.78, 5) is 4.74. The van der Waals surface area contributed by atoms with E-state index < -0.39 is 0 Å². The van der Waals surface area contributed by atoms with Gasteiger partial charge in [-0.05, 0) is 6.92 Å². The molecule has 0 saturated heterocycles. The van der Waals surface area contributed by atoms with Gasteiger partial charge in [-0.3, -0.25) is 5.01 Å². The van der Waals surface area contributed by atoms with Gasteiger partial charge in [0.15, 0.2) is 0 Å². The van der Waals surface area contributed by atoms with Crippen LogP contribution in [0.4, 0.5) is 0 Å². The van der Waals surface area contributed by atoms with Crippen LogP contribution in [0, 0.1) is 7.05 Å². The van der Waals surface area contributed by atoms with E-state index in [1.807, 2.05) is 6.92 Å². The molecule has 0 aromatic rings. The number of hydrogen-bond donors (Lipinski definition) is 1. The molecule has 0 aromatic carbocycles. The quantitative estimate of drug-likeness (QED) is 0.475. The SMILES string of the molecule is [CH2]N1C=C(C)ON1. The highest BCUT2D eigenvalue weighted by Crippen LogP contribution is 2.00. The maximum atomic E-state index is 4.74. The summed E-state index contributed by atoms with van der Waals surface area (Å²) in [6.07, 6.45) is 1.75. The van der Waals surface area contributed by atoms with Crippen LogP contribution in [-0.2, 0) is 4.84 Å². The Kier molecular flexibility index (Phi) is 0.906. The van der Waals surface area contributed by atoms with Crippen molar-refractivity contribution in [2.24, 2.45) is 0 Å². The molecule has 1 N–H and O–H groups in total. The van der Waals surface area contributed by atoms with Crippen molar-refractivity contribution in [3.63, 3.8) is 0 Å². The lowest BCUT2D eigenvalue weighted by Gasteiger charge is -2.02.